The summed E-state index contributed by atoms with van der Waals surface area (Å²) in [7, 11) is 2.40. The molecule has 15 heavy (non-hydrogen) atoms. The van der Waals surface area contributed by atoms with E-state index in [0.29, 0.717) is 0 Å². The number of likely N-dealkylation sites (tertiary alicyclic amines) is 1. The van der Waals surface area contributed by atoms with Gasteiger partial charge in [-0.25, -0.2) is 0 Å². The van der Waals surface area contributed by atoms with Crippen LogP contribution in [-0.4, -0.2) is 24.0 Å². The largest absolute Gasteiger partial charge is 0.300 e. The summed E-state index contributed by atoms with van der Waals surface area (Å²) in [4.78, 5) is 2.76. The highest BCUT2D eigenvalue weighted by atomic mass is 15.3. The fourth-order valence-electron chi connectivity index (χ4n) is 5.36. The van der Waals surface area contributed by atoms with Crippen molar-refractivity contribution in [2.75, 3.05) is 7.05 Å². The number of hydrogen-bond acceptors (Lipinski definition) is 1. The Hall–Kier alpha value is -0.0400. The summed E-state index contributed by atoms with van der Waals surface area (Å²) in [6, 6.07) is 2.03. The third kappa shape index (κ3) is 1.03. The van der Waals surface area contributed by atoms with E-state index in [1.54, 1.807) is 6.42 Å². The minimum atomic E-state index is 1.00. The van der Waals surface area contributed by atoms with Crippen LogP contribution in [0.1, 0.15) is 39.0 Å². The van der Waals surface area contributed by atoms with Crippen molar-refractivity contribution in [1.29, 1.82) is 0 Å². The van der Waals surface area contributed by atoms with Gasteiger partial charge in [0, 0.05) is 12.1 Å². The van der Waals surface area contributed by atoms with E-state index >= 15 is 0 Å². The summed E-state index contributed by atoms with van der Waals surface area (Å²) in [6.45, 7) is 2.48. The van der Waals surface area contributed by atoms with Crippen molar-refractivity contribution < 1.29 is 0 Å². The third-order valence-corrected chi connectivity index (χ3v) is 6.10. The van der Waals surface area contributed by atoms with Gasteiger partial charge in [-0.3, -0.25) is 4.90 Å². The maximum absolute atomic E-state index is 2.76. The molecule has 1 aliphatic heterocycles. The smallest absolute Gasteiger partial charge is 0.0162 e. The van der Waals surface area contributed by atoms with Crippen molar-refractivity contribution in [2.45, 2.75) is 51.1 Å². The molecule has 7 atom stereocenters. The molecular formula is C14H23N. The van der Waals surface area contributed by atoms with Crippen LogP contribution in [0, 0.1) is 29.6 Å². The summed E-state index contributed by atoms with van der Waals surface area (Å²) < 4.78 is 0. The fourth-order valence-corrected chi connectivity index (χ4v) is 5.36. The van der Waals surface area contributed by atoms with E-state index in [4.69, 9.17) is 0 Å². The molecule has 0 N–H and O–H groups in total. The molecule has 0 aromatic rings. The molecule has 0 aromatic carbocycles. The van der Waals surface area contributed by atoms with Crippen LogP contribution in [0.4, 0.5) is 0 Å². The quantitative estimate of drug-likeness (QED) is 0.588. The molecule has 1 saturated heterocycles. The van der Waals surface area contributed by atoms with Gasteiger partial charge in [0.25, 0.3) is 0 Å². The monoisotopic (exact) mass is 205 g/mol. The molecule has 0 spiro atoms. The zero-order chi connectivity index (χ0) is 10.2. The Kier molecular flexibility index (Phi) is 1.68. The molecule has 3 aliphatic carbocycles. The summed E-state index contributed by atoms with van der Waals surface area (Å²) >= 11 is 0. The number of rotatable bonds is 0. The lowest BCUT2D eigenvalue weighted by molar-refractivity contribution is 0.0358. The zero-order valence-electron chi connectivity index (χ0n) is 10.0. The van der Waals surface area contributed by atoms with E-state index in [2.05, 4.69) is 18.9 Å². The second-order valence-corrected chi connectivity index (χ2v) is 6.81. The van der Waals surface area contributed by atoms with E-state index in [9.17, 15) is 0 Å². The van der Waals surface area contributed by atoms with Crippen LogP contribution in [0.25, 0.3) is 0 Å². The zero-order valence-corrected chi connectivity index (χ0v) is 10.0. The van der Waals surface area contributed by atoms with Gasteiger partial charge in [-0.15, -0.1) is 0 Å². The maximum Gasteiger partial charge on any atom is 0.0162 e. The maximum atomic E-state index is 2.76. The Morgan fingerprint density at radius 1 is 1.07 bits per heavy atom. The van der Waals surface area contributed by atoms with E-state index in [-0.39, 0.29) is 0 Å². The molecule has 3 saturated carbocycles. The second-order valence-electron chi connectivity index (χ2n) is 6.81. The lowest BCUT2D eigenvalue weighted by atomic mass is 9.65. The van der Waals surface area contributed by atoms with Gasteiger partial charge in [0.2, 0.25) is 0 Å². The molecule has 0 amide bonds. The van der Waals surface area contributed by atoms with E-state index < -0.39 is 0 Å². The average Bonchev–Trinajstić information content (AvgIpc) is 2.75. The number of piperidine rings is 1. The standard InChI is InChI=1S/C14H23N/c1-8-4-3-5-9-7-11-12(9)13-10(6-8)14(13)15(11)2/h8-14H,3-7H2,1-2H3/t8-,9?,10?,11-,12?,13?,14+/m1/s1. The number of nitrogens with zero attached hydrogens (tertiary/aromatic N) is 1. The van der Waals surface area contributed by atoms with E-state index in [1.807, 2.05) is 0 Å². The molecular weight excluding hydrogens is 182 g/mol. The van der Waals surface area contributed by atoms with Crippen molar-refractivity contribution in [1.82, 2.24) is 4.90 Å². The van der Waals surface area contributed by atoms with Gasteiger partial charge in [0.1, 0.15) is 0 Å². The van der Waals surface area contributed by atoms with Crippen LogP contribution in [0.3, 0.4) is 0 Å². The molecule has 0 bridgehead atoms. The van der Waals surface area contributed by atoms with E-state index in [1.165, 1.54) is 25.7 Å². The first-order valence-electron chi connectivity index (χ1n) is 6.99. The normalized spacial score (nSPS) is 62.4. The molecule has 84 valence electrons. The van der Waals surface area contributed by atoms with Crippen LogP contribution in [0.2, 0.25) is 0 Å². The van der Waals surface area contributed by atoms with Crippen molar-refractivity contribution in [3.8, 4) is 0 Å². The lowest BCUT2D eigenvalue weighted by Gasteiger charge is -2.46. The lowest BCUT2D eigenvalue weighted by Crippen LogP contribution is -2.48. The Morgan fingerprint density at radius 3 is 2.80 bits per heavy atom. The highest BCUT2D eigenvalue weighted by molar-refractivity contribution is 5.21. The summed E-state index contributed by atoms with van der Waals surface area (Å²) in [5.74, 6) is 5.51. The van der Waals surface area contributed by atoms with Crippen LogP contribution in [0.5, 0.6) is 0 Å². The van der Waals surface area contributed by atoms with Gasteiger partial charge >= 0.3 is 0 Å². The van der Waals surface area contributed by atoms with Crippen molar-refractivity contribution in [3.63, 3.8) is 0 Å². The third-order valence-electron chi connectivity index (χ3n) is 6.10. The first-order chi connectivity index (χ1) is 7.27. The first kappa shape index (κ1) is 9.04. The Bertz CT molecular complexity index is 287. The van der Waals surface area contributed by atoms with E-state index in [0.717, 1.165) is 41.7 Å². The Morgan fingerprint density at radius 2 is 1.93 bits per heavy atom. The second kappa shape index (κ2) is 2.80. The minimum Gasteiger partial charge on any atom is -0.300 e. The van der Waals surface area contributed by atoms with Gasteiger partial charge in [0.15, 0.2) is 0 Å². The Balaban J connectivity index is 1.62. The molecule has 4 fully saturated rings. The predicted molar refractivity (Wildman–Crippen MR) is 61.5 cm³/mol. The predicted octanol–water partition coefficient (Wildman–Crippen LogP) is 2.76. The molecule has 1 heterocycles. The molecule has 1 heteroatoms. The fraction of sp³-hybridized carbons (Fsp3) is 1.00. The first-order valence-corrected chi connectivity index (χ1v) is 6.99. The number of hydrogen-bond donors (Lipinski definition) is 0. The topological polar surface area (TPSA) is 3.24 Å². The molecule has 4 rings (SSSR count). The average molecular weight is 205 g/mol. The van der Waals surface area contributed by atoms with Crippen molar-refractivity contribution >= 4 is 0 Å². The van der Waals surface area contributed by atoms with Crippen LogP contribution < -0.4 is 0 Å². The number of fused-ring (bicyclic) bond motifs is 1. The van der Waals surface area contributed by atoms with Gasteiger partial charge in [0.05, 0.1) is 0 Å². The van der Waals surface area contributed by atoms with Gasteiger partial charge < -0.3 is 0 Å². The van der Waals surface area contributed by atoms with Crippen LogP contribution in [0.15, 0.2) is 0 Å². The van der Waals surface area contributed by atoms with Crippen LogP contribution in [-0.2, 0) is 0 Å². The van der Waals surface area contributed by atoms with Gasteiger partial charge in [-0.2, -0.15) is 0 Å². The molecule has 4 unspecified atom stereocenters. The van der Waals surface area contributed by atoms with Crippen molar-refractivity contribution in [2.24, 2.45) is 29.6 Å². The Labute approximate surface area is 93.2 Å². The minimum absolute atomic E-state index is 1.00. The SMILES string of the molecule is C[C@@H]1CCCC2C[C@@H]3C2C2C(C1)[C@@H]2N3C. The molecule has 1 nitrogen and oxygen atoms in total. The summed E-state index contributed by atoms with van der Waals surface area (Å²) in [5.41, 5.74) is 0. The molecule has 4 aliphatic rings. The summed E-state index contributed by atoms with van der Waals surface area (Å²) in [6.07, 6.45) is 7.65. The summed E-state index contributed by atoms with van der Waals surface area (Å²) in [5, 5.41) is 0. The molecule has 0 aromatic heterocycles. The highest BCUT2D eigenvalue weighted by Gasteiger charge is 2.69. The molecule has 0 radical (unpaired) electrons. The van der Waals surface area contributed by atoms with Gasteiger partial charge in [-0.05, 0) is 49.5 Å². The van der Waals surface area contributed by atoms with Crippen molar-refractivity contribution in [3.05, 3.63) is 0 Å². The van der Waals surface area contributed by atoms with Gasteiger partial charge in [-0.1, -0.05) is 26.2 Å². The van der Waals surface area contributed by atoms with Crippen LogP contribution >= 0.6 is 0 Å². The highest BCUT2D eigenvalue weighted by Crippen LogP contribution is 2.67.